The SMILES string of the molecule is CC1=C(CN2CCC(C(=O)NCCCN3CCCC(C)C3)CC2)N(C)C(c2c(C)cccc2Cl)O1. The molecule has 1 aromatic carbocycles. The predicted molar refractivity (Wildman–Crippen MR) is 142 cm³/mol. The van der Waals surface area contributed by atoms with E-state index in [-0.39, 0.29) is 18.1 Å². The fraction of sp³-hybridized carbons (Fsp3) is 0.679. The van der Waals surface area contributed by atoms with Gasteiger partial charge in [-0.25, -0.2) is 0 Å². The number of amides is 1. The first-order valence-corrected chi connectivity index (χ1v) is 13.8. The van der Waals surface area contributed by atoms with E-state index < -0.39 is 0 Å². The number of rotatable bonds is 8. The Bertz CT molecular complexity index is 892. The van der Waals surface area contributed by atoms with Gasteiger partial charge in [0.2, 0.25) is 5.91 Å². The van der Waals surface area contributed by atoms with E-state index in [2.05, 4.69) is 47.0 Å². The minimum absolute atomic E-state index is 0.132. The highest BCUT2D eigenvalue weighted by atomic mass is 35.5. The van der Waals surface area contributed by atoms with Crippen LogP contribution in [0.3, 0.4) is 0 Å². The standard InChI is InChI=1S/C28H43ClN4O2/c1-20-8-6-14-32(18-20)15-7-13-30-27(34)23-11-16-33(17-12-23)19-25-22(3)35-28(31(25)4)26-21(2)9-5-10-24(26)29/h5,9-10,20,23,28H,6-8,11-19H2,1-4H3,(H,30,34). The molecule has 1 N–H and O–H groups in total. The Morgan fingerprint density at radius 3 is 2.63 bits per heavy atom. The number of carbonyl (C=O) groups excluding carboxylic acids is 1. The molecule has 0 saturated carbocycles. The Kier molecular flexibility index (Phi) is 9.01. The molecule has 1 aromatic rings. The third-order valence-corrected chi connectivity index (χ3v) is 8.34. The maximum absolute atomic E-state index is 12.7. The molecule has 2 atom stereocenters. The van der Waals surface area contributed by atoms with Crippen molar-refractivity contribution < 1.29 is 9.53 Å². The molecular formula is C28H43ClN4O2. The van der Waals surface area contributed by atoms with Crippen molar-refractivity contribution in [1.29, 1.82) is 0 Å². The van der Waals surface area contributed by atoms with Gasteiger partial charge < -0.3 is 19.9 Å². The van der Waals surface area contributed by atoms with Crippen molar-refractivity contribution in [1.82, 2.24) is 20.0 Å². The number of nitrogens with zero attached hydrogens (tertiary/aromatic N) is 3. The number of halogens is 1. The number of likely N-dealkylation sites (tertiary alicyclic amines) is 2. The van der Waals surface area contributed by atoms with Crippen molar-refractivity contribution in [2.45, 2.75) is 59.1 Å². The second-order valence-corrected chi connectivity index (χ2v) is 11.2. The van der Waals surface area contributed by atoms with Gasteiger partial charge in [0.05, 0.1) is 5.70 Å². The summed E-state index contributed by atoms with van der Waals surface area (Å²) in [7, 11) is 2.09. The van der Waals surface area contributed by atoms with Gasteiger partial charge in [0.1, 0.15) is 5.76 Å². The smallest absolute Gasteiger partial charge is 0.223 e. The molecule has 0 bridgehead atoms. The summed E-state index contributed by atoms with van der Waals surface area (Å²) in [6, 6.07) is 5.99. The van der Waals surface area contributed by atoms with Crippen molar-refractivity contribution in [3.63, 3.8) is 0 Å². The number of hydrogen-bond acceptors (Lipinski definition) is 5. The molecule has 3 aliphatic rings. The molecule has 0 aliphatic carbocycles. The third-order valence-electron chi connectivity index (χ3n) is 8.01. The lowest BCUT2D eigenvalue weighted by Crippen LogP contribution is -2.42. The van der Waals surface area contributed by atoms with E-state index in [1.54, 1.807) is 0 Å². The highest BCUT2D eigenvalue weighted by molar-refractivity contribution is 6.31. The van der Waals surface area contributed by atoms with Crippen LogP contribution < -0.4 is 5.32 Å². The van der Waals surface area contributed by atoms with Crippen molar-refractivity contribution in [2.75, 3.05) is 52.9 Å². The highest BCUT2D eigenvalue weighted by Crippen LogP contribution is 2.39. The Morgan fingerprint density at radius 1 is 1.14 bits per heavy atom. The first kappa shape index (κ1) is 26.3. The topological polar surface area (TPSA) is 48.1 Å². The van der Waals surface area contributed by atoms with Gasteiger partial charge in [0.25, 0.3) is 0 Å². The van der Waals surface area contributed by atoms with Gasteiger partial charge in [-0.3, -0.25) is 9.69 Å². The molecule has 2 fully saturated rings. The Hall–Kier alpha value is -1.76. The molecule has 1 amide bonds. The minimum Gasteiger partial charge on any atom is -0.469 e. The van der Waals surface area contributed by atoms with Crippen LogP contribution in [0, 0.1) is 18.8 Å². The maximum Gasteiger partial charge on any atom is 0.223 e. The van der Waals surface area contributed by atoms with E-state index >= 15 is 0 Å². The summed E-state index contributed by atoms with van der Waals surface area (Å²) in [5.74, 6) is 2.14. The average Bonchev–Trinajstić information content (AvgIpc) is 3.10. The summed E-state index contributed by atoms with van der Waals surface area (Å²) in [4.78, 5) is 19.9. The summed E-state index contributed by atoms with van der Waals surface area (Å²) < 4.78 is 6.27. The molecule has 3 heterocycles. The molecule has 4 rings (SSSR count). The molecule has 0 radical (unpaired) electrons. The number of ether oxygens (including phenoxy) is 1. The number of benzene rings is 1. The van der Waals surface area contributed by atoms with E-state index in [4.69, 9.17) is 16.3 Å². The molecular weight excluding hydrogens is 460 g/mol. The van der Waals surface area contributed by atoms with Crippen LogP contribution in [0.25, 0.3) is 0 Å². The van der Waals surface area contributed by atoms with Crippen LogP contribution in [0.1, 0.15) is 63.3 Å². The van der Waals surface area contributed by atoms with Crippen LogP contribution in [-0.2, 0) is 9.53 Å². The van der Waals surface area contributed by atoms with Crippen molar-refractivity contribution >= 4 is 17.5 Å². The molecule has 35 heavy (non-hydrogen) atoms. The molecule has 0 aromatic heterocycles. The van der Waals surface area contributed by atoms with Crippen LogP contribution in [-0.4, -0.2) is 73.5 Å². The summed E-state index contributed by atoms with van der Waals surface area (Å²) in [6.07, 6.45) is 5.36. The lowest BCUT2D eigenvalue weighted by Gasteiger charge is -2.33. The number of likely N-dealkylation sites (N-methyl/N-ethyl adjacent to an activating group) is 1. The maximum atomic E-state index is 12.7. The summed E-state index contributed by atoms with van der Waals surface area (Å²) >= 11 is 6.52. The zero-order chi connectivity index (χ0) is 24.9. The first-order chi connectivity index (χ1) is 16.8. The van der Waals surface area contributed by atoms with Crippen LogP contribution in [0.5, 0.6) is 0 Å². The molecule has 2 saturated heterocycles. The number of allylic oxidation sites excluding steroid dienone is 1. The summed E-state index contributed by atoms with van der Waals surface area (Å²) in [5, 5.41) is 3.95. The van der Waals surface area contributed by atoms with Gasteiger partial charge in [-0.15, -0.1) is 0 Å². The normalized spacial score (nSPS) is 24.7. The van der Waals surface area contributed by atoms with Crippen molar-refractivity contribution in [2.24, 2.45) is 11.8 Å². The molecule has 7 heteroatoms. The number of nitrogens with one attached hydrogen (secondary N) is 1. The Morgan fingerprint density at radius 2 is 1.91 bits per heavy atom. The van der Waals surface area contributed by atoms with E-state index in [0.29, 0.717) is 0 Å². The van der Waals surface area contributed by atoms with Gasteiger partial charge >= 0.3 is 0 Å². The number of hydrogen-bond donors (Lipinski definition) is 1. The van der Waals surface area contributed by atoms with Gasteiger partial charge in [0.15, 0.2) is 6.23 Å². The lowest BCUT2D eigenvalue weighted by molar-refractivity contribution is -0.126. The monoisotopic (exact) mass is 502 g/mol. The van der Waals surface area contributed by atoms with Crippen molar-refractivity contribution in [3.8, 4) is 0 Å². The predicted octanol–water partition coefficient (Wildman–Crippen LogP) is 4.79. The van der Waals surface area contributed by atoms with Crippen molar-refractivity contribution in [3.05, 3.63) is 45.8 Å². The third kappa shape index (κ3) is 6.52. The zero-order valence-corrected chi connectivity index (χ0v) is 22.7. The number of carbonyl (C=O) groups is 1. The van der Waals surface area contributed by atoms with Crippen LogP contribution >= 0.6 is 11.6 Å². The highest BCUT2D eigenvalue weighted by Gasteiger charge is 2.34. The Balaban J connectivity index is 1.20. The average molecular weight is 503 g/mol. The molecule has 2 unspecified atom stereocenters. The number of piperidine rings is 2. The summed E-state index contributed by atoms with van der Waals surface area (Å²) in [5.41, 5.74) is 3.38. The second-order valence-electron chi connectivity index (χ2n) is 10.8. The van der Waals surface area contributed by atoms with Gasteiger partial charge in [-0.1, -0.05) is 30.7 Å². The largest absolute Gasteiger partial charge is 0.469 e. The second kappa shape index (κ2) is 12.0. The fourth-order valence-electron chi connectivity index (χ4n) is 5.85. The van der Waals surface area contributed by atoms with Crippen LogP contribution in [0.15, 0.2) is 29.7 Å². The van der Waals surface area contributed by atoms with E-state index in [1.165, 1.54) is 31.6 Å². The first-order valence-electron chi connectivity index (χ1n) is 13.4. The Labute approximate surface area is 216 Å². The van der Waals surface area contributed by atoms with Gasteiger partial charge in [-0.05, 0) is 89.7 Å². The fourth-order valence-corrected chi connectivity index (χ4v) is 6.17. The van der Waals surface area contributed by atoms with Crippen LogP contribution in [0.2, 0.25) is 5.02 Å². The molecule has 6 nitrogen and oxygen atoms in total. The van der Waals surface area contributed by atoms with E-state index in [0.717, 1.165) is 79.8 Å². The molecule has 3 aliphatic heterocycles. The van der Waals surface area contributed by atoms with Gasteiger partial charge in [0, 0.05) is 43.2 Å². The summed E-state index contributed by atoms with van der Waals surface area (Å²) in [6.45, 7) is 13.5. The lowest BCUT2D eigenvalue weighted by atomic mass is 9.95. The van der Waals surface area contributed by atoms with Crippen LogP contribution in [0.4, 0.5) is 0 Å². The molecule has 194 valence electrons. The minimum atomic E-state index is -0.185. The quantitative estimate of drug-likeness (QED) is 0.518. The van der Waals surface area contributed by atoms with E-state index in [1.807, 2.05) is 19.1 Å². The number of aryl methyl sites for hydroxylation is 1. The zero-order valence-electron chi connectivity index (χ0n) is 22.0. The van der Waals surface area contributed by atoms with Gasteiger partial charge in [-0.2, -0.15) is 0 Å². The van der Waals surface area contributed by atoms with E-state index in [9.17, 15) is 4.79 Å². The molecule has 0 spiro atoms.